The number of hydrazine groups is 1. The molecule has 1 aliphatic rings. The number of hydrogen-bond donors (Lipinski definition) is 2. The Hall–Kier alpha value is -3.13. The predicted octanol–water partition coefficient (Wildman–Crippen LogP) is 2.79. The summed E-state index contributed by atoms with van der Waals surface area (Å²) in [6.07, 6.45) is 1.32. The van der Waals surface area contributed by atoms with Gasteiger partial charge in [-0.05, 0) is 55.5 Å². The number of phenols is 1. The van der Waals surface area contributed by atoms with Gasteiger partial charge in [0.05, 0.1) is 17.9 Å². The molecule has 0 aliphatic carbocycles. The summed E-state index contributed by atoms with van der Waals surface area (Å²) in [4.78, 5) is 36.5. The van der Waals surface area contributed by atoms with Crippen molar-refractivity contribution in [3.8, 4) is 5.75 Å². The molecule has 2 N–H and O–H groups in total. The quantitative estimate of drug-likeness (QED) is 0.441. The van der Waals surface area contributed by atoms with Gasteiger partial charge in [0.2, 0.25) is 0 Å². The van der Waals surface area contributed by atoms with Crippen LogP contribution < -0.4 is 10.4 Å². The molecule has 8 heteroatoms. The fourth-order valence-corrected chi connectivity index (χ4v) is 2.88. The maximum atomic E-state index is 12.6. The van der Waals surface area contributed by atoms with Crippen LogP contribution in [0, 0.1) is 0 Å². The highest BCUT2D eigenvalue weighted by atomic mass is 79.9. The highest BCUT2D eigenvalue weighted by Gasteiger charge is 2.34. The number of carbonyl (C=O) groups excluding carboxylic acids is 3. The highest BCUT2D eigenvalue weighted by Crippen LogP contribution is 2.27. The first-order valence-corrected chi connectivity index (χ1v) is 8.83. The topological polar surface area (TPSA) is 95.9 Å². The smallest absolute Gasteiger partial charge is 0.338 e. The SMILES string of the molecule is CCOC(=O)c1ccc(N2NC(=O)/C(=C\c3cc(Br)ccc3O)C2=O)cc1. The number of nitrogens with zero attached hydrogens (tertiary/aromatic N) is 1. The lowest BCUT2D eigenvalue weighted by Gasteiger charge is -2.14. The Labute approximate surface area is 163 Å². The second-order valence-corrected chi connectivity index (χ2v) is 6.53. The van der Waals surface area contributed by atoms with E-state index in [-0.39, 0.29) is 17.9 Å². The highest BCUT2D eigenvalue weighted by molar-refractivity contribution is 9.10. The van der Waals surface area contributed by atoms with E-state index in [1.165, 1.54) is 36.4 Å². The molecule has 3 rings (SSSR count). The summed E-state index contributed by atoms with van der Waals surface area (Å²) < 4.78 is 5.61. The maximum Gasteiger partial charge on any atom is 0.338 e. The number of hydrogen-bond acceptors (Lipinski definition) is 5. The monoisotopic (exact) mass is 430 g/mol. The number of benzene rings is 2. The van der Waals surface area contributed by atoms with Crippen LogP contribution in [0.4, 0.5) is 5.69 Å². The van der Waals surface area contributed by atoms with Gasteiger partial charge in [-0.25, -0.2) is 9.80 Å². The van der Waals surface area contributed by atoms with E-state index in [9.17, 15) is 19.5 Å². The number of carbonyl (C=O) groups is 3. The molecule has 0 bridgehead atoms. The minimum absolute atomic E-state index is 0.0523. The summed E-state index contributed by atoms with van der Waals surface area (Å²) in [7, 11) is 0. The molecule has 2 amide bonds. The fraction of sp³-hybridized carbons (Fsp3) is 0.105. The Morgan fingerprint density at radius 3 is 2.59 bits per heavy atom. The Morgan fingerprint density at radius 2 is 1.93 bits per heavy atom. The molecule has 2 aromatic carbocycles. The minimum atomic E-state index is -0.589. The van der Waals surface area contributed by atoms with Gasteiger partial charge in [0, 0.05) is 10.0 Å². The van der Waals surface area contributed by atoms with E-state index in [0.29, 0.717) is 21.3 Å². The van der Waals surface area contributed by atoms with E-state index < -0.39 is 17.8 Å². The van der Waals surface area contributed by atoms with Crippen molar-refractivity contribution in [3.63, 3.8) is 0 Å². The summed E-state index contributed by atoms with van der Waals surface area (Å²) in [6, 6.07) is 10.8. The van der Waals surface area contributed by atoms with Gasteiger partial charge in [-0.3, -0.25) is 15.0 Å². The normalized spacial score (nSPS) is 15.2. The molecule has 1 fully saturated rings. The van der Waals surface area contributed by atoms with E-state index in [1.807, 2.05) is 0 Å². The predicted molar refractivity (Wildman–Crippen MR) is 102 cm³/mol. The van der Waals surface area contributed by atoms with E-state index in [0.717, 1.165) is 5.01 Å². The summed E-state index contributed by atoms with van der Waals surface area (Å²) in [5.41, 5.74) is 3.42. The number of halogens is 1. The first kappa shape index (κ1) is 18.7. The Kier molecular flexibility index (Phi) is 5.27. The second-order valence-electron chi connectivity index (χ2n) is 5.61. The van der Waals surface area contributed by atoms with Gasteiger partial charge in [-0.15, -0.1) is 0 Å². The molecular formula is C19H15BrN2O5. The third kappa shape index (κ3) is 3.85. The molecule has 0 saturated carbocycles. The number of ether oxygens (including phenoxy) is 1. The van der Waals surface area contributed by atoms with Crippen LogP contribution in [-0.2, 0) is 14.3 Å². The maximum absolute atomic E-state index is 12.6. The molecule has 7 nitrogen and oxygen atoms in total. The fourth-order valence-electron chi connectivity index (χ4n) is 2.50. The van der Waals surface area contributed by atoms with Gasteiger partial charge in [0.1, 0.15) is 11.3 Å². The molecule has 1 saturated heterocycles. The van der Waals surface area contributed by atoms with Crippen LogP contribution in [-0.4, -0.2) is 29.5 Å². The molecule has 0 aromatic heterocycles. The molecule has 1 heterocycles. The molecule has 138 valence electrons. The average molecular weight is 431 g/mol. The van der Waals surface area contributed by atoms with Crippen molar-refractivity contribution in [1.29, 1.82) is 0 Å². The van der Waals surface area contributed by atoms with Crippen molar-refractivity contribution in [2.75, 3.05) is 11.6 Å². The van der Waals surface area contributed by atoms with Gasteiger partial charge in [-0.1, -0.05) is 15.9 Å². The number of phenolic OH excluding ortho intramolecular Hbond substituents is 1. The van der Waals surface area contributed by atoms with Crippen LogP contribution in [0.25, 0.3) is 6.08 Å². The first-order valence-electron chi connectivity index (χ1n) is 8.03. The van der Waals surface area contributed by atoms with Crippen molar-refractivity contribution >= 4 is 45.5 Å². The zero-order valence-electron chi connectivity index (χ0n) is 14.2. The molecule has 0 unspecified atom stereocenters. The lowest BCUT2D eigenvalue weighted by molar-refractivity contribution is -0.117. The number of amides is 2. The third-order valence-corrected chi connectivity index (χ3v) is 4.31. The number of esters is 1. The minimum Gasteiger partial charge on any atom is -0.507 e. The van der Waals surface area contributed by atoms with Crippen LogP contribution >= 0.6 is 15.9 Å². The number of nitrogens with one attached hydrogen (secondary N) is 1. The molecular weight excluding hydrogens is 416 g/mol. The molecule has 0 atom stereocenters. The summed E-state index contributed by atoms with van der Waals surface area (Å²) >= 11 is 3.28. The van der Waals surface area contributed by atoms with Gasteiger partial charge in [0.15, 0.2) is 0 Å². The van der Waals surface area contributed by atoms with Crippen LogP contribution in [0.3, 0.4) is 0 Å². The first-order chi connectivity index (χ1) is 12.9. The van der Waals surface area contributed by atoms with Gasteiger partial charge >= 0.3 is 5.97 Å². The van der Waals surface area contributed by atoms with Gasteiger partial charge in [0.25, 0.3) is 11.8 Å². The summed E-state index contributed by atoms with van der Waals surface area (Å²) in [5.74, 6) is -1.67. The molecule has 0 radical (unpaired) electrons. The van der Waals surface area contributed by atoms with Crippen molar-refractivity contribution in [2.24, 2.45) is 0 Å². The summed E-state index contributed by atoms with van der Waals surface area (Å²) in [5, 5.41) is 11.0. The van der Waals surface area contributed by atoms with Crippen molar-refractivity contribution in [1.82, 2.24) is 5.43 Å². The summed E-state index contributed by atoms with van der Waals surface area (Å²) in [6.45, 7) is 1.97. The number of rotatable bonds is 4. The van der Waals surface area contributed by atoms with Gasteiger partial charge < -0.3 is 9.84 Å². The third-order valence-electron chi connectivity index (χ3n) is 3.82. The largest absolute Gasteiger partial charge is 0.507 e. The molecule has 1 aliphatic heterocycles. The average Bonchev–Trinajstić information content (AvgIpc) is 2.93. The van der Waals surface area contributed by atoms with Crippen molar-refractivity contribution in [2.45, 2.75) is 6.92 Å². The lowest BCUT2D eigenvalue weighted by atomic mass is 10.1. The van der Waals surface area contributed by atoms with Crippen LogP contribution in [0.15, 0.2) is 52.5 Å². The van der Waals surface area contributed by atoms with Crippen LogP contribution in [0.1, 0.15) is 22.8 Å². The Morgan fingerprint density at radius 1 is 1.22 bits per heavy atom. The lowest BCUT2D eigenvalue weighted by Crippen LogP contribution is -2.35. The number of aromatic hydroxyl groups is 1. The molecule has 27 heavy (non-hydrogen) atoms. The standard InChI is InChI=1S/C19H15BrN2O5/c1-2-27-19(26)11-3-6-14(7-4-11)22-18(25)15(17(24)21-22)10-12-9-13(20)5-8-16(12)23/h3-10,23H,2H2,1H3,(H,21,24)/b15-10+. The second kappa shape index (κ2) is 7.63. The van der Waals surface area contributed by atoms with E-state index in [1.54, 1.807) is 19.1 Å². The van der Waals surface area contributed by atoms with E-state index >= 15 is 0 Å². The molecule has 2 aromatic rings. The van der Waals surface area contributed by atoms with Crippen LogP contribution in [0.5, 0.6) is 5.75 Å². The van der Waals surface area contributed by atoms with E-state index in [2.05, 4.69) is 21.4 Å². The number of anilines is 1. The Balaban J connectivity index is 1.87. The van der Waals surface area contributed by atoms with Crippen molar-refractivity contribution < 1.29 is 24.2 Å². The van der Waals surface area contributed by atoms with Gasteiger partial charge in [-0.2, -0.15) is 0 Å². The van der Waals surface area contributed by atoms with Crippen molar-refractivity contribution in [3.05, 3.63) is 63.6 Å². The zero-order valence-corrected chi connectivity index (χ0v) is 15.8. The Bertz CT molecular complexity index is 953. The van der Waals surface area contributed by atoms with E-state index in [4.69, 9.17) is 4.74 Å². The molecule has 0 spiro atoms. The zero-order chi connectivity index (χ0) is 19.6. The van der Waals surface area contributed by atoms with Crippen LogP contribution in [0.2, 0.25) is 0 Å².